The van der Waals surface area contributed by atoms with E-state index in [0.717, 1.165) is 62.0 Å². The summed E-state index contributed by atoms with van der Waals surface area (Å²) in [6.45, 7) is 5.87. The van der Waals surface area contributed by atoms with Gasteiger partial charge in [-0.2, -0.15) is 0 Å². The quantitative estimate of drug-likeness (QED) is 0.315. The minimum Gasteiger partial charge on any atom is -0.494 e. The summed E-state index contributed by atoms with van der Waals surface area (Å²) in [5, 5.41) is 2.98. The summed E-state index contributed by atoms with van der Waals surface area (Å²) in [6, 6.07) is 28.0. The molecule has 3 aromatic carbocycles. The van der Waals surface area contributed by atoms with Gasteiger partial charge in [-0.15, -0.1) is 0 Å². The number of aromatic nitrogens is 2. The zero-order valence-electron chi connectivity index (χ0n) is 21.5. The second-order valence-electron chi connectivity index (χ2n) is 9.36. The topological polar surface area (TPSA) is 70.6 Å². The first-order valence-corrected chi connectivity index (χ1v) is 13.1. The van der Waals surface area contributed by atoms with Crippen molar-refractivity contribution >= 4 is 11.9 Å². The van der Waals surface area contributed by atoms with E-state index in [1.807, 2.05) is 60.7 Å². The van der Waals surface area contributed by atoms with Crippen LogP contribution in [0.1, 0.15) is 22.3 Å². The van der Waals surface area contributed by atoms with E-state index in [0.29, 0.717) is 18.7 Å². The molecule has 1 amide bonds. The van der Waals surface area contributed by atoms with Gasteiger partial charge in [0.1, 0.15) is 5.75 Å². The highest BCUT2D eigenvalue weighted by molar-refractivity contribution is 5.94. The first-order chi connectivity index (χ1) is 18.7. The molecule has 2 heterocycles. The number of nitrogens with one attached hydrogen (secondary N) is 1. The average molecular weight is 508 g/mol. The Balaban J connectivity index is 0.984. The molecule has 1 saturated heterocycles. The molecule has 0 aliphatic carbocycles. The van der Waals surface area contributed by atoms with Crippen LogP contribution < -0.4 is 15.0 Å². The molecule has 7 heteroatoms. The molecule has 1 aromatic heterocycles. The van der Waals surface area contributed by atoms with E-state index in [1.54, 1.807) is 12.4 Å². The van der Waals surface area contributed by atoms with Crippen LogP contribution in [0.3, 0.4) is 0 Å². The van der Waals surface area contributed by atoms with Crippen LogP contribution in [0.25, 0.3) is 11.1 Å². The molecule has 1 aliphatic heterocycles. The predicted molar refractivity (Wildman–Crippen MR) is 150 cm³/mol. The molecule has 1 fully saturated rings. The molecule has 7 nitrogen and oxygen atoms in total. The van der Waals surface area contributed by atoms with Crippen LogP contribution in [-0.4, -0.2) is 60.1 Å². The minimum absolute atomic E-state index is 0.0638. The second-order valence-corrected chi connectivity index (χ2v) is 9.36. The molecule has 0 atom stereocenters. The maximum Gasteiger partial charge on any atom is 0.251 e. The normalized spacial score (nSPS) is 13.7. The van der Waals surface area contributed by atoms with Crippen LogP contribution in [0, 0.1) is 0 Å². The summed E-state index contributed by atoms with van der Waals surface area (Å²) in [5.41, 5.74) is 4.17. The lowest BCUT2D eigenvalue weighted by molar-refractivity contribution is 0.0951. The third-order valence-electron chi connectivity index (χ3n) is 6.67. The lowest BCUT2D eigenvalue weighted by Gasteiger charge is -2.34. The number of carbonyl (C=O) groups excluding carboxylic acids is 1. The van der Waals surface area contributed by atoms with E-state index in [2.05, 4.69) is 49.4 Å². The standard InChI is InChI=1S/C31H33N5O2/c37-30(28-12-10-27(11-13-28)26-6-2-1-3-7-26)32-18-5-23-38-29-14-8-25(9-15-29)24-35-19-21-36(22-20-35)31-33-16-4-17-34-31/h1-4,6-17H,5,18-24H2,(H,32,37). The lowest BCUT2D eigenvalue weighted by atomic mass is 10.0. The van der Waals surface area contributed by atoms with Crippen LogP contribution in [0.2, 0.25) is 0 Å². The van der Waals surface area contributed by atoms with Crippen molar-refractivity contribution in [2.75, 3.05) is 44.2 Å². The number of piperazine rings is 1. The number of amides is 1. The largest absolute Gasteiger partial charge is 0.494 e. The predicted octanol–water partition coefficient (Wildman–Crippen LogP) is 4.66. The van der Waals surface area contributed by atoms with Gasteiger partial charge in [-0.05, 0) is 53.4 Å². The number of ether oxygens (including phenoxy) is 1. The number of carbonyl (C=O) groups is 1. The van der Waals surface area contributed by atoms with Crippen molar-refractivity contribution in [2.24, 2.45) is 0 Å². The van der Waals surface area contributed by atoms with Crippen LogP contribution in [0.5, 0.6) is 5.75 Å². The summed E-state index contributed by atoms with van der Waals surface area (Å²) in [5.74, 6) is 1.60. The minimum atomic E-state index is -0.0638. The van der Waals surface area contributed by atoms with Crippen molar-refractivity contribution in [1.29, 1.82) is 0 Å². The van der Waals surface area contributed by atoms with Gasteiger partial charge in [0.05, 0.1) is 6.61 Å². The Morgan fingerprint density at radius 1 is 0.789 bits per heavy atom. The fourth-order valence-electron chi connectivity index (χ4n) is 4.52. The Kier molecular flexibility index (Phi) is 8.58. The van der Waals surface area contributed by atoms with Crippen molar-refractivity contribution in [3.63, 3.8) is 0 Å². The molecule has 4 aromatic rings. The highest BCUT2D eigenvalue weighted by Crippen LogP contribution is 2.19. The number of anilines is 1. The van der Waals surface area contributed by atoms with E-state index in [4.69, 9.17) is 4.74 Å². The molecule has 1 aliphatic rings. The fourth-order valence-corrected chi connectivity index (χ4v) is 4.52. The number of rotatable bonds is 10. The molecule has 194 valence electrons. The number of hydrogen-bond donors (Lipinski definition) is 1. The Labute approximate surface area is 224 Å². The van der Waals surface area contributed by atoms with E-state index in [1.165, 1.54) is 5.56 Å². The summed E-state index contributed by atoms with van der Waals surface area (Å²) < 4.78 is 5.88. The van der Waals surface area contributed by atoms with E-state index in [-0.39, 0.29) is 5.91 Å². The van der Waals surface area contributed by atoms with Gasteiger partial charge in [-0.3, -0.25) is 9.69 Å². The summed E-state index contributed by atoms with van der Waals surface area (Å²) in [4.78, 5) is 25.8. The van der Waals surface area contributed by atoms with Crippen molar-refractivity contribution in [3.8, 4) is 16.9 Å². The molecule has 0 radical (unpaired) electrons. The monoisotopic (exact) mass is 507 g/mol. The summed E-state index contributed by atoms with van der Waals surface area (Å²) in [6.07, 6.45) is 4.33. The third-order valence-corrected chi connectivity index (χ3v) is 6.67. The van der Waals surface area contributed by atoms with Crippen LogP contribution in [0.4, 0.5) is 5.95 Å². The maximum absolute atomic E-state index is 12.5. The fraction of sp³-hybridized carbons (Fsp3) is 0.258. The molecule has 0 bridgehead atoms. The van der Waals surface area contributed by atoms with Gasteiger partial charge < -0.3 is 15.0 Å². The van der Waals surface area contributed by atoms with Crippen LogP contribution >= 0.6 is 0 Å². The van der Waals surface area contributed by atoms with E-state index < -0.39 is 0 Å². The number of nitrogens with zero attached hydrogens (tertiary/aromatic N) is 4. The van der Waals surface area contributed by atoms with Gasteiger partial charge in [-0.25, -0.2) is 9.97 Å². The van der Waals surface area contributed by atoms with Gasteiger partial charge in [0.25, 0.3) is 5.91 Å². The second kappa shape index (κ2) is 12.8. The number of hydrogen-bond acceptors (Lipinski definition) is 6. The maximum atomic E-state index is 12.5. The molecular weight excluding hydrogens is 474 g/mol. The first kappa shape index (κ1) is 25.4. The smallest absolute Gasteiger partial charge is 0.251 e. The third kappa shape index (κ3) is 6.95. The molecular formula is C31H33N5O2. The van der Waals surface area contributed by atoms with Gasteiger partial charge >= 0.3 is 0 Å². The van der Waals surface area contributed by atoms with Gasteiger partial charge in [-0.1, -0.05) is 54.6 Å². The van der Waals surface area contributed by atoms with E-state index >= 15 is 0 Å². The van der Waals surface area contributed by atoms with E-state index in [9.17, 15) is 4.79 Å². The Hall–Kier alpha value is -4.23. The van der Waals surface area contributed by atoms with Gasteiger partial charge in [0.2, 0.25) is 5.95 Å². The Morgan fingerprint density at radius 3 is 2.18 bits per heavy atom. The zero-order chi connectivity index (χ0) is 26.0. The molecule has 0 spiro atoms. The summed E-state index contributed by atoms with van der Waals surface area (Å²) in [7, 11) is 0. The highest BCUT2D eigenvalue weighted by atomic mass is 16.5. The number of benzene rings is 3. The average Bonchev–Trinajstić information content (AvgIpc) is 2.99. The molecule has 1 N–H and O–H groups in total. The summed E-state index contributed by atoms with van der Waals surface area (Å²) >= 11 is 0. The van der Waals surface area contributed by atoms with Crippen molar-refractivity contribution in [1.82, 2.24) is 20.2 Å². The van der Waals surface area contributed by atoms with Crippen molar-refractivity contribution < 1.29 is 9.53 Å². The lowest BCUT2D eigenvalue weighted by Crippen LogP contribution is -2.46. The van der Waals surface area contributed by atoms with Gasteiger partial charge in [0.15, 0.2) is 0 Å². The first-order valence-electron chi connectivity index (χ1n) is 13.1. The van der Waals surface area contributed by atoms with Crippen LogP contribution in [0.15, 0.2) is 97.3 Å². The molecule has 5 rings (SSSR count). The van der Waals surface area contributed by atoms with Crippen molar-refractivity contribution in [3.05, 3.63) is 108 Å². The molecule has 0 unspecified atom stereocenters. The molecule has 38 heavy (non-hydrogen) atoms. The van der Waals surface area contributed by atoms with Crippen molar-refractivity contribution in [2.45, 2.75) is 13.0 Å². The Morgan fingerprint density at radius 2 is 1.47 bits per heavy atom. The highest BCUT2D eigenvalue weighted by Gasteiger charge is 2.18. The van der Waals surface area contributed by atoms with Gasteiger partial charge in [0, 0.05) is 57.2 Å². The Bertz CT molecular complexity index is 1270. The zero-order valence-corrected chi connectivity index (χ0v) is 21.5. The van der Waals surface area contributed by atoms with Crippen LogP contribution in [-0.2, 0) is 6.54 Å². The molecule has 0 saturated carbocycles. The SMILES string of the molecule is O=C(NCCCOc1ccc(CN2CCN(c3ncccn3)CC2)cc1)c1ccc(-c2ccccc2)cc1.